The quantitative estimate of drug-likeness (QED) is 0.392. The zero-order valence-electron chi connectivity index (χ0n) is 27.1. The first-order valence-corrected chi connectivity index (χ1v) is 17.8. The summed E-state index contributed by atoms with van der Waals surface area (Å²) in [6, 6.07) is 16.7. The maximum absolute atomic E-state index is 14.0. The molecule has 4 aliphatic rings. The summed E-state index contributed by atoms with van der Waals surface area (Å²) in [6.07, 6.45) is 5.68. The van der Waals surface area contributed by atoms with Crippen LogP contribution in [0.2, 0.25) is 0 Å². The van der Waals surface area contributed by atoms with Crippen molar-refractivity contribution in [1.29, 1.82) is 0 Å². The van der Waals surface area contributed by atoms with Gasteiger partial charge in [0.1, 0.15) is 5.37 Å². The lowest BCUT2D eigenvalue weighted by Crippen LogP contribution is -2.50. The Labute approximate surface area is 272 Å². The molecule has 2 N–H and O–H groups in total. The Bertz CT molecular complexity index is 1380. The van der Waals surface area contributed by atoms with Crippen LogP contribution in [0.4, 0.5) is 10.5 Å². The molecule has 0 saturated carbocycles. The van der Waals surface area contributed by atoms with Crippen LogP contribution < -0.4 is 10.6 Å². The van der Waals surface area contributed by atoms with E-state index < -0.39 is 0 Å². The molecule has 0 aromatic heterocycles. The molecular weight excluding hydrogens is 582 g/mol. The summed E-state index contributed by atoms with van der Waals surface area (Å²) in [6.45, 7) is 11.3. The minimum Gasteiger partial charge on any atom is -0.342 e. The normalized spacial score (nSPS) is 23.6. The second kappa shape index (κ2) is 13.8. The number of thioether (sulfide) groups is 1. The predicted molar refractivity (Wildman–Crippen MR) is 181 cm³/mol. The lowest BCUT2D eigenvalue weighted by atomic mass is 9.86. The van der Waals surface area contributed by atoms with Crippen LogP contribution in [0.5, 0.6) is 0 Å². The number of amides is 4. The van der Waals surface area contributed by atoms with E-state index in [1.54, 1.807) is 11.8 Å². The van der Waals surface area contributed by atoms with Gasteiger partial charge >= 0.3 is 6.03 Å². The molecule has 1 unspecified atom stereocenters. The molecule has 242 valence electrons. The molecule has 6 rings (SSSR count). The topological polar surface area (TPSA) is 85.0 Å². The highest BCUT2D eigenvalue weighted by molar-refractivity contribution is 8.01. The number of benzene rings is 2. The Kier molecular flexibility index (Phi) is 9.76. The van der Waals surface area contributed by atoms with Crippen molar-refractivity contribution in [3.63, 3.8) is 0 Å². The van der Waals surface area contributed by atoms with Gasteiger partial charge in [-0.2, -0.15) is 0 Å². The van der Waals surface area contributed by atoms with Crippen LogP contribution in [0, 0.1) is 5.41 Å². The lowest BCUT2D eigenvalue weighted by molar-refractivity contribution is -0.137. The van der Waals surface area contributed by atoms with Crippen LogP contribution in [0.1, 0.15) is 87.3 Å². The van der Waals surface area contributed by atoms with E-state index in [1.165, 1.54) is 11.1 Å². The highest BCUT2D eigenvalue weighted by Crippen LogP contribution is 2.47. The minimum absolute atomic E-state index is 0.0510. The molecule has 9 heteroatoms. The third-order valence-corrected chi connectivity index (χ3v) is 11.5. The first-order valence-electron chi connectivity index (χ1n) is 16.9. The van der Waals surface area contributed by atoms with Gasteiger partial charge in [-0.05, 0) is 85.7 Å². The molecular formula is C36H49N5O3S. The molecule has 0 spiro atoms. The van der Waals surface area contributed by atoms with Gasteiger partial charge in [-0.15, -0.1) is 11.8 Å². The molecule has 4 aliphatic heterocycles. The number of likely N-dealkylation sites (tertiary alicyclic amines) is 1. The zero-order valence-corrected chi connectivity index (χ0v) is 27.9. The van der Waals surface area contributed by atoms with Crippen LogP contribution in [-0.4, -0.2) is 83.1 Å². The molecule has 0 radical (unpaired) electrons. The molecule has 45 heavy (non-hydrogen) atoms. The summed E-state index contributed by atoms with van der Waals surface area (Å²) in [4.78, 5) is 46.7. The predicted octanol–water partition coefficient (Wildman–Crippen LogP) is 6.00. The second-order valence-electron chi connectivity index (χ2n) is 14.3. The smallest absolute Gasteiger partial charge is 0.322 e. The van der Waals surface area contributed by atoms with Gasteiger partial charge < -0.3 is 25.3 Å². The van der Waals surface area contributed by atoms with Crippen molar-refractivity contribution in [1.82, 2.24) is 20.0 Å². The maximum atomic E-state index is 14.0. The van der Waals surface area contributed by atoms with Gasteiger partial charge in [0.2, 0.25) is 11.8 Å². The SMILES string of the molecule is CC(C)(C)CCN1C(=O)[C@H](CC(=O)N2CCC(N3CCc4ccccc4NC3=O)CC2)SC1c1ccccc1C1CCNCC1. The first-order chi connectivity index (χ1) is 21.7. The van der Waals surface area contributed by atoms with E-state index in [0.717, 1.165) is 62.9 Å². The molecule has 8 nitrogen and oxygen atoms in total. The molecule has 0 bridgehead atoms. The van der Waals surface area contributed by atoms with Crippen molar-refractivity contribution in [3.8, 4) is 0 Å². The minimum atomic E-state index is -0.379. The summed E-state index contributed by atoms with van der Waals surface area (Å²) in [5.41, 5.74) is 4.76. The number of nitrogens with one attached hydrogen (secondary N) is 2. The van der Waals surface area contributed by atoms with Crippen LogP contribution in [-0.2, 0) is 16.0 Å². The average molecular weight is 632 g/mol. The van der Waals surface area contributed by atoms with Crippen molar-refractivity contribution >= 4 is 35.3 Å². The number of urea groups is 1. The van der Waals surface area contributed by atoms with Gasteiger partial charge in [0, 0.05) is 44.3 Å². The first kappa shape index (κ1) is 31.9. The van der Waals surface area contributed by atoms with Crippen molar-refractivity contribution in [2.24, 2.45) is 5.41 Å². The molecule has 4 heterocycles. The van der Waals surface area contributed by atoms with Gasteiger partial charge in [-0.3, -0.25) is 9.59 Å². The number of hydrogen-bond donors (Lipinski definition) is 2. The Hall–Kier alpha value is -3.04. The Morgan fingerprint density at radius 3 is 2.33 bits per heavy atom. The zero-order chi connectivity index (χ0) is 31.6. The number of rotatable bonds is 7. The van der Waals surface area contributed by atoms with Gasteiger partial charge in [-0.1, -0.05) is 63.2 Å². The van der Waals surface area contributed by atoms with E-state index in [2.05, 4.69) is 66.6 Å². The van der Waals surface area contributed by atoms with Crippen molar-refractivity contribution in [2.45, 2.75) is 88.3 Å². The largest absolute Gasteiger partial charge is 0.342 e. The fourth-order valence-corrected chi connectivity index (χ4v) is 8.86. The summed E-state index contributed by atoms with van der Waals surface area (Å²) in [5, 5.41) is 6.12. The van der Waals surface area contributed by atoms with Gasteiger partial charge in [0.15, 0.2) is 0 Å². The molecule has 4 amide bonds. The molecule has 2 atom stereocenters. The standard InChI is InChI=1S/C36H49N5O3S/c1-36(2,3)17-23-41-33(43)31(45-34(41)29-10-6-5-9-28(29)25-12-18-37-19-13-25)24-32(42)39-20-15-27(16-21-39)40-22-14-26-8-4-7-11-30(26)38-35(40)44/h4-11,25,27,31,34,37H,12-24H2,1-3H3,(H,38,44)/t31-,34?/m0/s1. The number of fused-ring (bicyclic) bond motifs is 1. The number of anilines is 1. The number of carbonyl (C=O) groups excluding carboxylic acids is 3. The maximum Gasteiger partial charge on any atom is 0.322 e. The third-order valence-electron chi connectivity index (χ3n) is 10.0. The average Bonchev–Trinajstić information content (AvgIpc) is 3.24. The molecule has 3 saturated heterocycles. The van der Waals surface area contributed by atoms with Crippen molar-refractivity contribution < 1.29 is 14.4 Å². The summed E-state index contributed by atoms with van der Waals surface area (Å²) in [5.74, 6) is 0.638. The molecule has 2 aromatic rings. The van der Waals surface area contributed by atoms with E-state index in [0.29, 0.717) is 32.1 Å². The van der Waals surface area contributed by atoms with Crippen LogP contribution in [0.25, 0.3) is 0 Å². The van der Waals surface area contributed by atoms with E-state index in [1.807, 2.05) is 28.0 Å². The van der Waals surface area contributed by atoms with Crippen LogP contribution in [0.15, 0.2) is 48.5 Å². The second-order valence-corrected chi connectivity index (χ2v) is 15.6. The highest BCUT2D eigenvalue weighted by atomic mass is 32.2. The van der Waals surface area contributed by atoms with Crippen molar-refractivity contribution in [3.05, 3.63) is 65.2 Å². The summed E-state index contributed by atoms with van der Waals surface area (Å²) in [7, 11) is 0. The van der Waals surface area contributed by atoms with E-state index in [9.17, 15) is 14.4 Å². The number of nitrogens with zero attached hydrogens (tertiary/aromatic N) is 3. The Morgan fingerprint density at radius 2 is 1.60 bits per heavy atom. The summed E-state index contributed by atoms with van der Waals surface area (Å²) < 4.78 is 0. The van der Waals surface area contributed by atoms with Gasteiger partial charge in [-0.25, -0.2) is 4.79 Å². The Morgan fingerprint density at radius 1 is 0.911 bits per heavy atom. The van der Waals surface area contributed by atoms with Crippen molar-refractivity contribution in [2.75, 3.05) is 44.6 Å². The van der Waals surface area contributed by atoms with E-state index in [4.69, 9.17) is 0 Å². The van der Waals surface area contributed by atoms with Crippen LogP contribution >= 0.6 is 11.8 Å². The van der Waals surface area contributed by atoms with Gasteiger partial charge in [0.25, 0.3) is 0 Å². The number of piperidine rings is 2. The monoisotopic (exact) mass is 631 g/mol. The molecule has 2 aromatic carbocycles. The molecule has 3 fully saturated rings. The Balaban J connectivity index is 1.11. The fourth-order valence-electron chi connectivity index (χ4n) is 7.34. The molecule has 0 aliphatic carbocycles. The van der Waals surface area contributed by atoms with E-state index in [-0.39, 0.29) is 46.3 Å². The fraction of sp³-hybridized carbons (Fsp3) is 0.583. The summed E-state index contributed by atoms with van der Waals surface area (Å²) >= 11 is 1.67. The highest BCUT2D eigenvalue weighted by Gasteiger charge is 2.44. The van der Waals surface area contributed by atoms with Crippen LogP contribution in [0.3, 0.4) is 0 Å². The number of hydrogen-bond acceptors (Lipinski definition) is 5. The van der Waals surface area contributed by atoms with E-state index >= 15 is 0 Å². The third kappa shape index (κ3) is 7.35. The number of carbonyl (C=O) groups is 3. The van der Waals surface area contributed by atoms with Gasteiger partial charge in [0.05, 0.1) is 5.25 Å². The lowest BCUT2D eigenvalue weighted by Gasteiger charge is -2.38. The number of para-hydroxylation sites is 1.